The number of ketones is 1. The first kappa shape index (κ1) is 18.4. The molecule has 0 radical (unpaired) electrons. The Bertz CT molecular complexity index is 860. The number of nitrogens with zero attached hydrogens (tertiary/aromatic N) is 4. The SMILES string of the molecule is C=CCn1c(SCC(=O)/C(C#N)=C(/C)N)nnc1-c1ccc(F)cc1. The molecular weight excluding hydrogens is 341 g/mol. The van der Waals surface area contributed by atoms with Crippen LogP contribution in [0, 0.1) is 17.1 Å². The van der Waals surface area contributed by atoms with E-state index in [9.17, 15) is 9.18 Å². The van der Waals surface area contributed by atoms with E-state index >= 15 is 0 Å². The highest BCUT2D eigenvalue weighted by Gasteiger charge is 2.17. The van der Waals surface area contributed by atoms with Crippen LogP contribution in [0.1, 0.15) is 6.92 Å². The van der Waals surface area contributed by atoms with Crippen molar-refractivity contribution in [3.05, 3.63) is 54.0 Å². The first-order chi connectivity index (χ1) is 12.0. The lowest BCUT2D eigenvalue weighted by atomic mass is 10.2. The average molecular weight is 357 g/mol. The molecule has 0 aliphatic carbocycles. The third-order valence-electron chi connectivity index (χ3n) is 3.25. The third-order valence-corrected chi connectivity index (χ3v) is 4.22. The molecule has 0 amide bonds. The molecule has 128 valence electrons. The number of hydrogen-bond acceptors (Lipinski definition) is 6. The molecule has 25 heavy (non-hydrogen) atoms. The smallest absolute Gasteiger partial charge is 0.192 e. The summed E-state index contributed by atoms with van der Waals surface area (Å²) in [4.78, 5) is 12.1. The van der Waals surface area contributed by atoms with E-state index in [1.165, 1.54) is 19.1 Å². The van der Waals surface area contributed by atoms with E-state index in [0.717, 1.165) is 11.8 Å². The molecule has 0 spiro atoms. The van der Waals surface area contributed by atoms with Gasteiger partial charge in [-0.15, -0.1) is 16.8 Å². The van der Waals surface area contributed by atoms with E-state index in [0.29, 0.717) is 23.1 Å². The predicted octanol–water partition coefficient (Wildman–Crippen LogP) is 2.69. The Labute approximate surface area is 148 Å². The predicted molar refractivity (Wildman–Crippen MR) is 93.8 cm³/mol. The second kappa shape index (κ2) is 8.26. The van der Waals surface area contributed by atoms with Crippen LogP contribution in [0.4, 0.5) is 4.39 Å². The number of carbonyl (C=O) groups is 1. The molecule has 8 heteroatoms. The fraction of sp³-hybridized carbons (Fsp3) is 0.176. The van der Waals surface area contributed by atoms with Crippen molar-refractivity contribution >= 4 is 17.5 Å². The van der Waals surface area contributed by atoms with Crippen molar-refractivity contribution in [1.29, 1.82) is 5.26 Å². The quantitative estimate of drug-likeness (QED) is 0.354. The molecule has 1 heterocycles. The minimum Gasteiger partial charge on any atom is -0.401 e. The van der Waals surface area contributed by atoms with E-state index in [2.05, 4.69) is 16.8 Å². The number of Topliss-reactive ketones (excluding diaryl/α,β-unsaturated/α-hetero) is 1. The Morgan fingerprint density at radius 1 is 1.44 bits per heavy atom. The highest BCUT2D eigenvalue weighted by atomic mass is 32.2. The highest BCUT2D eigenvalue weighted by Crippen LogP contribution is 2.25. The molecule has 0 bridgehead atoms. The van der Waals surface area contributed by atoms with Gasteiger partial charge in [0, 0.05) is 17.8 Å². The van der Waals surface area contributed by atoms with Crippen molar-refractivity contribution in [2.45, 2.75) is 18.6 Å². The summed E-state index contributed by atoms with van der Waals surface area (Å²) in [6, 6.07) is 7.70. The van der Waals surface area contributed by atoms with Gasteiger partial charge >= 0.3 is 0 Å². The first-order valence-electron chi connectivity index (χ1n) is 7.30. The molecule has 1 aromatic heterocycles. The standard InChI is InChI=1S/C17H16FN5OS/c1-3-8-23-16(12-4-6-13(18)7-5-12)21-22-17(23)25-10-15(24)14(9-19)11(2)20/h3-7H,1,8,10,20H2,2H3/b14-11-. The molecule has 2 N–H and O–H groups in total. The van der Waals surface area contributed by atoms with Crippen LogP contribution in [-0.4, -0.2) is 26.3 Å². The van der Waals surface area contributed by atoms with Gasteiger partial charge in [-0.1, -0.05) is 17.8 Å². The molecule has 2 aromatic rings. The molecule has 1 aromatic carbocycles. The number of halogens is 1. The number of thioether (sulfide) groups is 1. The summed E-state index contributed by atoms with van der Waals surface area (Å²) in [6.45, 7) is 5.64. The van der Waals surface area contributed by atoms with Crippen LogP contribution in [-0.2, 0) is 11.3 Å². The maximum Gasteiger partial charge on any atom is 0.192 e. The molecule has 6 nitrogen and oxygen atoms in total. The second-order valence-electron chi connectivity index (χ2n) is 5.09. The Morgan fingerprint density at radius 3 is 2.68 bits per heavy atom. The zero-order valence-corrected chi connectivity index (χ0v) is 14.4. The molecule has 2 rings (SSSR count). The number of benzene rings is 1. The van der Waals surface area contributed by atoms with Crippen molar-refractivity contribution in [3.63, 3.8) is 0 Å². The van der Waals surface area contributed by atoms with E-state index in [4.69, 9.17) is 11.0 Å². The van der Waals surface area contributed by atoms with Crippen LogP contribution in [0.25, 0.3) is 11.4 Å². The molecular formula is C17H16FN5OS. The van der Waals surface area contributed by atoms with Crippen molar-refractivity contribution in [2.24, 2.45) is 5.73 Å². The van der Waals surface area contributed by atoms with Crippen LogP contribution in [0.3, 0.4) is 0 Å². The largest absolute Gasteiger partial charge is 0.401 e. The summed E-state index contributed by atoms with van der Waals surface area (Å²) in [5.41, 5.74) is 6.37. The molecule has 0 fully saturated rings. The zero-order chi connectivity index (χ0) is 18.4. The summed E-state index contributed by atoms with van der Waals surface area (Å²) in [5, 5.41) is 17.7. The highest BCUT2D eigenvalue weighted by molar-refractivity contribution is 7.99. The summed E-state index contributed by atoms with van der Waals surface area (Å²) in [6.07, 6.45) is 1.67. The summed E-state index contributed by atoms with van der Waals surface area (Å²) >= 11 is 1.15. The summed E-state index contributed by atoms with van der Waals surface area (Å²) < 4.78 is 14.9. The van der Waals surface area contributed by atoms with E-state index in [1.807, 2.05) is 6.07 Å². The lowest BCUT2D eigenvalue weighted by Gasteiger charge is -2.07. The number of aromatic nitrogens is 3. The van der Waals surface area contributed by atoms with Gasteiger partial charge in [-0.25, -0.2) is 4.39 Å². The Hall–Kier alpha value is -2.92. The first-order valence-corrected chi connectivity index (χ1v) is 8.29. The van der Waals surface area contributed by atoms with Crippen molar-refractivity contribution in [2.75, 3.05) is 5.75 Å². The number of nitriles is 1. The van der Waals surface area contributed by atoms with Crippen LogP contribution in [0.5, 0.6) is 0 Å². The van der Waals surface area contributed by atoms with Crippen molar-refractivity contribution in [3.8, 4) is 17.5 Å². The van der Waals surface area contributed by atoms with Gasteiger partial charge in [-0.05, 0) is 31.2 Å². The minimum atomic E-state index is -0.371. The Balaban J connectivity index is 2.26. The summed E-state index contributed by atoms with van der Waals surface area (Å²) in [7, 11) is 0. The summed E-state index contributed by atoms with van der Waals surface area (Å²) in [5.74, 6) is -0.160. The van der Waals surface area contributed by atoms with Crippen LogP contribution < -0.4 is 5.73 Å². The molecule has 0 saturated carbocycles. The minimum absolute atomic E-state index is 0.0100. The molecule has 0 saturated heterocycles. The lowest BCUT2D eigenvalue weighted by Crippen LogP contribution is -2.11. The van der Waals surface area contributed by atoms with Gasteiger partial charge in [0.05, 0.1) is 5.75 Å². The van der Waals surface area contributed by atoms with Gasteiger partial charge in [-0.3, -0.25) is 9.36 Å². The van der Waals surface area contributed by atoms with Crippen molar-refractivity contribution < 1.29 is 9.18 Å². The molecule has 0 atom stereocenters. The van der Waals surface area contributed by atoms with Gasteiger partial charge < -0.3 is 5.73 Å². The normalized spacial score (nSPS) is 11.6. The number of rotatable bonds is 7. The molecule has 0 aliphatic heterocycles. The average Bonchev–Trinajstić information content (AvgIpc) is 2.97. The van der Waals surface area contributed by atoms with Crippen molar-refractivity contribution in [1.82, 2.24) is 14.8 Å². The van der Waals surface area contributed by atoms with Gasteiger partial charge in [0.1, 0.15) is 17.5 Å². The molecule has 0 unspecified atom stereocenters. The fourth-order valence-corrected chi connectivity index (χ4v) is 2.89. The maximum atomic E-state index is 13.1. The molecule has 0 aliphatic rings. The van der Waals surface area contributed by atoms with Gasteiger partial charge in [-0.2, -0.15) is 5.26 Å². The Morgan fingerprint density at radius 2 is 2.12 bits per heavy atom. The van der Waals surface area contributed by atoms with Gasteiger partial charge in [0.2, 0.25) is 0 Å². The van der Waals surface area contributed by atoms with E-state index in [1.54, 1.807) is 22.8 Å². The topological polar surface area (TPSA) is 97.6 Å². The number of allylic oxidation sites excluding steroid dienone is 3. The number of carbonyl (C=O) groups excluding carboxylic acids is 1. The number of hydrogen-bond donors (Lipinski definition) is 1. The van der Waals surface area contributed by atoms with Crippen LogP contribution >= 0.6 is 11.8 Å². The van der Waals surface area contributed by atoms with Crippen LogP contribution in [0.2, 0.25) is 0 Å². The van der Waals surface area contributed by atoms with E-state index in [-0.39, 0.29) is 28.6 Å². The van der Waals surface area contributed by atoms with Gasteiger partial charge in [0.15, 0.2) is 16.8 Å². The second-order valence-corrected chi connectivity index (χ2v) is 6.04. The van der Waals surface area contributed by atoms with E-state index < -0.39 is 0 Å². The third kappa shape index (κ3) is 4.33. The number of nitrogens with two attached hydrogens (primary N) is 1. The monoisotopic (exact) mass is 357 g/mol. The fourth-order valence-electron chi connectivity index (χ4n) is 2.07. The van der Waals surface area contributed by atoms with Crippen LogP contribution in [0.15, 0.2) is 53.3 Å². The Kier molecular flexibility index (Phi) is 6.08. The maximum absolute atomic E-state index is 13.1. The zero-order valence-electron chi connectivity index (χ0n) is 13.6. The lowest BCUT2D eigenvalue weighted by molar-refractivity contribution is -0.112. The van der Waals surface area contributed by atoms with Gasteiger partial charge in [0.25, 0.3) is 0 Å².